The number of anilines is 1. The van der Waals surface area contributed by atoms with E-state index in [1.807, 2.05) is 98.2 Å². The van der Waals surface area contributed by atoms with Gasteiger partial charge in [0, 0.05) is 11.9 Å². The molecule has 0 saturated heterocycles. The Kier molecular flexibility index (Phi) is 8.48. The minimum atomic E-state index is -0.194. The zero-order valence-electron chi connectivity index (χ0n) is 18.7. The summed E-state index contributed by atoms with van der Waals surface area (Å²) in [6, 6.07) is 27.5. The van der Waals surface area contributed by atoms with Crippen molar-refractivity contribution < 1.29 is 9.59 Å². The first-order valence-corrected chi connectivity index (χ1v) is 11.7. The first-order chi connectivity index (χ1) is 15.5. The highest BCUT2D eigenvalue weighted by Gasteiger charge is 2.24. The molecule has 1 N–H and O–H groups in total. The van der Waals surface area contributed by atoms with Crippen molar-refractivity contribution in [1.82, 2.24) is 9.80 Å². The van der Waals surface area contributed by atoms with Crippen molar-refractivity contribution in [2.75, 3.05) is 38.8 Å². The summed E-state index contributed by atoms with van der Waals surface area (Å²) in [4.78, 5) is 30.2. The smallest absolute Gasteiger partial charge is 0.238 e. The van der Waals surface area contributed by atoms with Gasteiger partial charge in [-0.15, -0.1) is 11.8 Å². The molecule has 0 radical (unpaired) electrons. The number of carbonyl (C=O) groups is 2. The molecule has 0 unspecified atom stereocenters. The monoisotopic (exact) mass is 447 g/mol. The fourth-order valence-electron chi connectivity index (χ4n) is 3.64. The maximum atomic E-state index is 13.1. The third kappa shape index (κ3) is 6.22. The standard InChI is InChI=1S/C26H29N3O2S/c1-28(18-24(30)27-22-16-10-11-17-23(22)32-3)19-25(31)29(2)26(20-12-6-4-7-13-20)21-14-8-5-9-15-21/h4-17,26H,18-19H2,1-3H3,(H,27,30). The molecule has 0 aliphatic heterocycles. The van der Waals surface area contributed by atoms with E-state index < -0.39 is 0 Å². The molecule has 2 amide bonds. The van der Waals surface area contributed by atoms with Gasteiger partial charge in [0.05, 0.1) is 24.8 Å². The van der Waals surface area contributed by atoms with Crippen molar-refractivity contribution in [1.29, 1.82) is 0 Å². The number of carbonyl (C=O) groups excluding carboxylic acids is 2. The van der Waals surface area contributed by atoms with Gasteiger partial charge in [0.2, 0.25) is 11.8 Å². The molecule has 0 aromatic heterocycles. The zero-order valence-corrected chi connectivity index (χ0v) is 19.5. The summed E-state index contributed by atoms with van der Waals surface area (Å²) in [7, 11) is 3.60. The second-order valence-corrected chi connectivity index (χ2v) is 8.50. The Labute approximate surface area is 194 Å². The van der Waals surface area contributed by atoms with Crippen molar-refractivity contribution >= 4 is 29.3 Å². The minimum absolute atomic E-state index is 0.0532. The van der Waals surface area contributed by atoms with E-state index in [2.05, 4.69) is 5.32 Å². The normalized spacial score (nSPS) is 10.9. The van der Waals surface area contributed by atoms with Gasteiger partial charge in [-0.2, -0.15) is 0 Å². The second kappa shape index (κ2) is 11.5. The first-order valence-electron chi connectivity index (χ1n) is 10.5. The average molecular weight is 448 g/mol. The van der Waals surface area contributed by atoms with E-state index in [4.69, 9.17) is 0 Å². The molecule has 166 valence electrons. The summed E-state index contributed by atoms with van der Waals surface area (Å²) in [5.74, 6) is -0.199. The van der Waals surface area contributed by atoms with Gasteiger partial charge >= 0.3 is 0 Å². The molecule has 6 heteroatoms. The van der Waals surface area contributed by atoms with Gasteiger partial charge in [0.15, 0.2) is 0 Å². The Morgan fingerprint density at radius 2 is 1.34 bits per heavy atom. The largest absolute Gasteiger partial charge is 0.334 e. The molecule has 0 bridgehead atoms. The number of para-hydroxylation sites is 1. The van der Waals surface area contributed by atoms with Gasteiger partial charge < -0.3 is 10.2 Å². The maximum Gasteiger partial charge on any atom is 0.238 e. The van der Waals surface area contributed by atoms with Crippen molar-refractivity contribution in [2.24, 2.45) is 0 Å². The van der Waals surface area contributed by atoms with Gasteiger partial charge in [-0.25, -0.2) is 0 Å². The first kappa shape index (κ1) is 23.6. The van der Waals surface area contributed by atoms with Gasteiger partial charge in [0.1, 0.15) is 0 Å². The van der Waals surface area contributed by atoms with Crippen molar-refractivity contribution in [3.63, 3.8) is 0 Å². The van der Waals surface area contributed by atoms with Crippen LogP contribution in [0.3, 0.4) is 0 Å². The van der Waals surface area contributed by atoms with Crippen molar-refractivity contribution in [3.8, 4) is 0 Å². The quantitative estimate of drug-likeness (QED) is 0.490. The van der Waals surface area contributed by atoms with Gasteiger partial charge in [-0.3, -0.25) is 14.5 Å². The van der Waals surface area contributed by atoms with E-state index in [0.717, 1.165) is 21.7 Å². The lowest BCUT2D eigenvalue weighted by atomic mass is 9.97. The number of nitrogens with one attached hydrogen (secondary N) is 1. The number of hydrogen-bond acceptors (Lipinski definition) is 4. The Morgan fingerprint density at radius 3 is 1.91 bits per heavy atom. The molecule has 0 atom stereocenters. The third-order valence-corrected chi connectivity index (χ3v) is 6.01. The summed E-state index contributed by atoms with van der Waals surface area (Å²) < 4.78 is 0. The second-order valence-electron chi connectivity index (χ2n) is 7.65. The molecule has 5 nitrogen and oxygen atoms in total. The molecule has 0 fully saturated rings. The Balaban J connectivity index is 1.66. The van der Waals surface area contributed by atoms with E-state index >= 15 is 0 Å². The molecule has 0 aliphatic carbocycles. The number of likely N-dealkylation sites (N-methyl/N-ethyl adjacent to an activating group) is 2. The van der Waals surface area contributed by atoms with Crippen LogP contribution in [0.2, 0.25) is 0 Å². The van der Waals surface area contributed by atoms with Crippen LogP contribution in [-0.2, 0) is 9.59 Å². The van der Waals surface area contributed by atoms with Crippen LogP contribution in [0, 0.1) is 0 Å². The topological polar surface area (TPSA) is 52.7 Å². The van der Waals surface area contributed by atoms with E-state index in [1.54, 1.807) is 28.6 Å². The molecule has 32 heavy (non-hydrogen) atoms. The summed E-state index contributed by atoms with van der Waals surface area (Å²) in [6.45, 7) is 0.272. The summed E-state index contributed by atoms with van der Waals surface area (Å²) in [5.41, 5.74) is 2.88. The SMILES string of the molecule is CSc1ccccc1NC(=O)CN(C)CC(=O)N(C)C(c1ccccc1)c1ccccc1. The highest BCUT2D eigenvalue weighted by Crippen LogP contribution is 2.28. The van der Waals surface area contributed by atoms with Gasteiger partial charge in [0.25, 0.3) is 0 Å². The molecule has 0 aliphatic rings. The number of amides is 2. The number of rotatable bonds is 9. The fourth-order valence-corrected chi connectivity index (χ4v) is 4.19. The van der Waals surface area contributed by atoms with Crippen LogP contribution in [0.4, 0.5) is 5.69 Å². The van der Waals surface area contributed by atoms with Crippen LogP contribution in [0.5, 0.6) is 0 Å². The predicted molar refractivity (Wildman–Crippen MR) is 132 cm³/mol. The summed E-state index contributed by atoms with van der Waals surface area (Å²) in [5, 5.41) is 2.94. The molecule has 3 rings (SSSR count). The Morgan fingerprint density at radius 1 is 0.812 bits per heavy atom. The lowest BCUT2D eigenvalue weighted by molar-refractivity contribution is -0.132. The molecule has 0 spiro atoms. The molecular formula is C26H29N3O2S. The van der Waals surface area contributed by atoms with Crippen molar-refractivity contribution in [3.05, 3.63) is 96.1 Å². The highest BCUT2D eigenvalue weighted by atomic mass is 32.2. The fraction of sp³-hybridized carbons (Fsp3) is 0.231. The lowest BCUT2D eigenvalue weighted by Crippen LogP contribution is -2.41. The van der Waals surface area contributed by atoms with E-state index in [0.29, 0.717) is 0 Å². The molecular weight excluding hydrogens is 418 g/mol. The average Bonchev–Trinajstić information content (AvgIpc) is 2.80. The van der Waals surface area contributed by atoms with Crippen LogP contribution < -0.4 is 5.32 Å². The molecule has 0 saturated carbocycles. The van der Waals surface area contributed by atoms with E-state index in [1.165, 1.54) is 0 Å². The van der Waals surface area contributed by atoms with Crippen LogP contribution in [-0.4, -0.2) is 55.1 Å². The number of hydrogen-bond donors (Lipinski definition) is 1. The minimum Gasteiger partial charge on any atom is -0.334 e. The number of benzene rings is 3. The molecule has 3 aromatic rings. The number of thioether (sulfide) groups is 1. The third-order valence-electron chi connectivity index (χ3n) is 5.21. The van der Waals surface area contributed by atoms with Gasteiger partial charge in [-0.1, -0.05) is 72.8 Å². The zero-order chi connectivity index (χ0) is 22.9. The van der Waals surface area contributed by atoms with Crippen LogP contribution in [0.15, 0.2) is 89.8 Å². The van der Waals surface area contributed by atoms with Gasteiger partial charge in [-0.05, 0) is 36.6 Å². The Hall–Kier alpha value is -3.09. The van der Waals surface area contributed by atoms with Crippen molar-refractivity contribution in [2.45, 2.75) is 10.9 Å². The van der Waals surface area contributed by atoms with Crippen LogP contribution in [0.25, 0.3) is 0 Å². The Bertz CT molecular complexity index is 988. The van der Waals surface area contributed by atoms with Crippen LogP contribution in [0.1, 0.15) is 17.2 Å². The lowest BCUT2D eigenvalue weighted by Gasteiger charge is -2.30. The van der Waals surface area contributed by atoms with E-state index in [9.17, 15) is 9.59 Å². The van der Waals surface area contributed by atoms with Crippen LogP contribution >= 0.6 is 11.8 Å². The summed E-state index contributed by atoms with van der Waals surface area (Å²) in [6.07, 6.45) is 1.97. The predicted octanol–water partition coefficient (Wildman–Crippen LogP) is 4.53. The van der Waals surface area contributed by atoms with E-state index in [-0.39, 0.29) is 30.9 Å². The number of nitrogens with zero attached hydrogens (tertiary/aromatic N) is 2. The maximum absolute atomic E-state index is 13.1. The molecule has 3 aromatic carbocycles. The highest BCUT2D eigenvalue weighted by molar-refractivity contribution is 7.98. The summed E-state index contributed by atoms with van der Waals surface area (Å²) >= 11 is 1.58. The molecule has 0 heterocycles.